The fourth-order valence-corrected chi connectivity index (χ4v) is 5.12. The molecule has 2 aromatic heterocycles. The number of amides is 1. The summed E-state index contributed by atoms with van der Waals surface area (Å²) in [5.74, 6) is -0.603. The highest BCUT2D eigenvalue weighted by molar-refractivity contribution is 7.15. The first kappa shape index (κ1) is 18.8. The fourth-order valence-electron chi connectivity index (χ4n) is 4.26. The molecule has 1 aliphatic rings. The Hall–Kier alpha value is -3.25. The van der Waals surface area contributed by atoms with Crippen molar-refractivity contribution in [3.8, 4) is 0 Å². The van der Waals surface area contributed by atoms with Gasteiger partial charge in [0.25, 0.3) is 5.91 Å². The first-order valence-corrected chi connectivity index (χ1v) is 10.6. The molecule has 2 aromatic carbocycles. The molecule has 0 fully saturated rings. The van der Waals surface area contributed by atoms with Crippen LogP contribution in [0.15, 0.2) is 60.7 Å². The van der Waals surface area contributed by atoms with Gasteiger partial charge in [0.2, 0.25) is 0 Å². The Morgan fingerprint density at radius 1 is 1.03 bits per heavy atom. The Morgan fingerprint density at radius 3 is 2.53 bits per heavy atom. The van der Waals surface area contributed by atoms with Crippen LogP contribution in [0.25, 0.3) is 10.9 Å². The third-order valence-electron chi connectivity index (χ3n) is 5.66. The number of carbonyl (C=O) groups is 2. The minimum atomic E-state index is -0.558. The topological polar surface area (TPSA) is 53.2 Å². The van der Waals surface area contributed by atoms with Crippen molar-refractivity contribution in [2.24, 2.45) is 0 Å². The van der Waals surface area contributed by atoms with Gasteiger partial charge in [0.1, 0.15) is 11.9 Å². The Bertz CT molecular complexity index is 1290. The third-order valence-corrected chi connectivity index (χ3v) is 6.83. The number of aromatic amines is 1. The molecule has 0 radical (unpaired) electrons. The number of fused-ring (bicyclic) bond motifs is 3. The maximum atomic E-state index is 14.9. The monoisotopic (exact) mass is 418 g/mol. The van der Waals surface area contributed by atoms with Gasteiger partial charge in [-0.15, -0.1) is 11.3 Å². The SMILES string of the molecule is CC(=O)c1ccc(C(=O)N2CCc3c([nH]c4ccccc34)[C@H]2c2ccccc2F)s1. The number of nitrogens with one attached hydrogen (secondary N) is 1. The van der Waals surface area contributed by atoms with Crippen LogP contribution in [-0.2, 0) is 6.42 Å². The first-order chi connectivity index (χ1) is 14.5. The van der Waals surface area contributed by atoms with Gasteiger partial charge >= 0.3 is 0 Å². The van der Waals surface area contributed by atoms with Gasteiger partial charge in [-0.3, -0.25) is 9.59 Å². The zero-order valence-electron chi connectivity index (χ0n) is 16.3. The summed E-state index contributed by atoms with van der Waals surface area (Å²) in [7, 11) is 0. The van der Waals surface area contributed by atoms with E-state index in [0.29, 0.717) is 28.3 Å². The maximum absolute atomic E-state index is 14.9. The zero-order chi connectivity index (χ0) is 20.8. The molecule has 5 rings (SSSR count). The van der Waals surface area contributed by atoms with Crippen LogP contribution in [-0.4, -0.2) is 28.1 Å². The third kappa shape index (κ3) is 2.95. The molecule has 1 atom stereocenters. The van der Waals surface area contributed by atoms with E-state index >= 15 is 0 Å². The Kier molecular flexibility index (Phi) is 4.51. The van der Waals surface area contributed by atoms with Gasteiger partial charge in [0, 0.05) is 28.7 Å². The van der Waals surface area contributed by atoms with E-state index in [2.05, 4.69) is 11.1 Å². The summed E-state index contributed by atoms with van der Waals surface area (Å²) in [6.07, 6.45) is 0.682. The van der Waals surface area contributed by atoms with Crippen LogP contribution in [0.4, 0.5) is 4.39 Å². The molecular formula is C24H19FN2O2S. The average molecular weight is 418 g/mol. The number of aromatic nitrogens is 1. The molecule has 30 heavy (non-hydrogen) atoms. The Balaban J connectivity index is 1.66. The van der Waals surface area contributed by atoms with Crippen molar-refractivity contribution in [3.05, 3.63) is 93.1 Å². The number of H-pyrrole nitrogens is 1. The molecular weight excluding hydrogens is 399 g/mol. The van der Waals surface area contributed by atoms with Gasteiger partial charge in [0.05, 0.1) is 9.75 Å². The fraction of sp³-hybridized carbons (Fsp3) is 0.167. The summed E-state index contributed by atoms with van der Waals surface area (Å²) in [4.78, 5) is 31.3. The molecule has 1 N–H and O–H groups in total. The van der Waals surface area contributed by atoms with Crippen LogP contribution >= 0.6 is 11.3 Å². The normalized spacial score (nSPS) is 15.9. The highest BCUT2D eigenvalue weighted by Gasteiger charge is 2.36. The molecule has 4 aromatic rings. The molecule has 0 aliphatic carbocycles. The number of hydrogen-bond donors (Lipinski definition) is 1. The summed E-state index contributed by atoms with van der Waals surface area (Å²) in [6, 6.07) is 17.4. The van der Waals surface area contributed by atoms with Crippen LogP contribution in [0.3, 0.4) is 0 Å². The van der Waals surface area contributed by atoms with Gasteiger partial charge in [-0.05, 0) is 43.2 Å². The van der Waals surface area contributed by atoms with E-state index in [4.69, 9.17) is 0 Å². The zero-order valence-corrected chi connectivity index (χ0v) is 17.1. The van der Waals surface area contributed by atoms with Crippen LogP contribution in [0.2, 0.25) is 0 Å². The quantitative estimate of drug-likeness (QED) is 0.456. The highest BCUT2D eigenvalue weighted by Crippen LogP contribution is 2.40. The first-order valence-electron chi connectivity index (χ1n) is 9.80. The highest BCUT2D eigenvalue weighted by atomic mass is 32.1. The maximum Gasteiger partial charge on any atom is 0.264 e. The van der Waals surface area contributed by atoms with E-state index in [1.54, 1.807) is 35.2 Å². The standard InChI is InChI=1S/C24H19FN2O2S/c1-14(28)20-10-11-21(30-20)24(29)27-13-12-16-15-6-3-5-9-19(15)26-22(16)23(27)17-7-2-4-8-18(17)25/h2-11,23,26H,12-13H2,1H3/t23-/m1/s1. The number of thiophene rings is 1. The van der Waals surface area contributed by atoms with Gasteiger partial charge in [0.15, 0.2) is 5.78 Å². The largest absolute Gasteiger partial charge is 0.356 e. The molecule has 150 valence electrons. The average Bonchev–Trinajstić information content (AvgIpc) is 3.38. The van der Waals surface area contributed by atoms with E-state index in [-0.39, 0.29) is 17.5 Å². The molecule has 0 bridgehead atoms. The smallest absolute Gasteiger partial charge is 0.264 e. The predicted octanol–water partition coefficient (Wildman–Crippen LogP) is 5.36. The van der Waals surface area contributed by atoms with Crippen LogP contribution < -0.4 is 0 Å². The summed E-state index contributed by atoms with van der Waals surface area (Å²) in [5, 5.41) is 1.11. The molecule has 3 heterocycles. The number of benzene rings is 2. The van der Waals surface area contributed by atoms with Crippen molar-refractivity contribution < 1.29 is 14.0 Å². The second-order valence-corrected chi connectivity index (χ2v) is 8.54. The van der Waals surface area contributed by atoms with Crippen LogP contribution in [0.1, 0.15) is 49.1 Å². The second kappa shape index (κ2) is 7.22. The van der Waals surface area contributed by atoms with Crippen molar-refractivity contribution in [2.75, 3.05) is 6.54 Å². The van der Waals surface area contributed by atoms with Crippen LogP contribution in [0, 0.1) is 5.82 Å². The lowest BCUT2D eigenvalue weighted by molar-refractivity contribution is 0.0694. The molecule has 0 unspecified atom stereocenters. The van der Waals surface area contributed by atoms with E-state index in [0.717, 1.165) is 22.2 Å². The number of Topliss-reactive ketones (excluding diaryl/α,β-unsaturated/α-hetero) is 1. The van der Waals surface area contributed by atoms with Crippen LogP contribution in [0.5, 0.6) is 0 Å². The molecule has 1 aliphatic heterocycles. The van der Waals surface area contributed by atoms with Crippen molar-refractivity contribution in [3.63, 3.8) is 0 Å². The number of hydrogen-bond acceptors (Lipinski definition) is 3. The molecule has 0 saturated carbocycles. The number of ketones is 1. The number of nitrogens with zero attached hydrogens (tertiary/aromatic N) is 1. The van der Waals surface area contributed by atoms with Crippen molar-refractivity contribution in [1.29, 1.82) is 0 Å². The minimum absolute atomic E-state index is 0.0683. The number of carbonyl (C=O) groups excluding carboxylic acids is 2. The summed E-state index contributed by atoms with van der Waals surface area (Å²) in [5.41, 5.74) is 3.41. The second-order valence-electron chi connectivity index (χ2n) is 7.46. The van der Waals surface area contributed by atoms with Crippen molar-refractivity contribution in [2.45, 2.75) is 19.4 Å². The lowest BCUT2D eigenvalue weighted by atomic mass is 9.92. The van der Waals surface area contributed by atoms with E-state index in [1.807, 2.05) is 18.2 Å². The molecule has 6 heteroatoms. The van der Waals surface area contributed by atoms with Crippen molar-refractivity contribution in [1.82, 2.24) is 9.88 Å². The Labute approximate surface area is 177 Å². The van der Waals surface area contributed by atoms with Gasteiger partial charge in [-0.1, -0.05) is 36.4 Å². The van der Waals surface area contributed by atoms with Gasteiger partial charge in [-0.2, -0.15) is 0 Å². The molecule has 4 nitrogen and oxygen atoms in total. The number of rotatable bonds is 3. The molecule has 0 spiro atoms. The number of halogens is 1. The van der Waals surface area contributed by atoms with Gasteiger partial charge < -0.3 is 9.88 Å². The number of para-hydroxylation sites is 1. The lowest BCUT2D eigenvalue weighted by Crippen LogP contribution is -2.40. The minimum Gasteiger partial charge on any atom is -0.356 e. The summed E-state index contributed by atoms with van der Waals surface area (Å²) < 4.78 is 14.9. The molecule has 0 saturated heterocycles. The lowest BCUT2D eigenvalue weighted by Gasteiger charge is -2.36. The van der Waals surface area contributed by atoms with E-state index in [9.17, 15) is 14.0 Å². The Morgan fingerprint density at radius 2 is 1.77 bits per heavy atom. The molecule has 1 amide bonds. The van der Waals surface area contributed by atoms with Gasteiger partial charge in [-0.25, -0.2) is 4.39 Å². The predicted molar refractivity (Wildman–Crippen MR) is 116 cm³/mol. The summed E-state index contributed by atoms with van der Waals surface area (Å²) >= 11 is 1.19. The summed E-state index contributed by atoms with van der Waals surface area (Å²) in [6.45, 7) is 1.96. The van der Waals surface area contributed by atoms with E-state index < -0.39 is 6.04 Å². The van der Waals surface area contributed by atoms with Crippen molar-refractivity contribution >= 4 is 33.9 Å². The van der Waals surface area contributed by atoms with E-state index in [1.165, 1.54) is 24.3 Å².